The predicted molar refractivity (Wildman–Crippen MR) is 321 cm³/mol. The Balaban J connectivity index is 0.000000356. The summed E-state index contributed by atoms with van der Waals surface area (Å²) in [4.78, 5) is 0. The van der Waals surface area contributed by atoms with E-state index in [0.29, 0.717) is 83.5 Å². The van der Waals surface area contributed by atoms with Gasteiger partial charge < -0.3 is 66.3 Å². The average molecular weight is 1250 g/mol. The van der Waals surface area contributed by atoms with E-state index < -0.39 is 0 Å². The predicted octanol–water partition coefficient (Wildman–Crippen LogP) is 9.49. The van der Waals surface area contributed by atoms with Crippen LogP contribution in [0.2, 0.25) is 0 Å². The molecular formula is C44H82O14S13. The molecule has 1 saturated carbocycles. The first-order valence-corrected chi connectivity index (χ1v) is 40.1. The van der Waals surface area contributed by atoms with Crippen molar-refractivity contribution in [1.29, 1.82) is 0 Å². The fraction of sp³-hybridized carbons (Fsp3) is 1.00. The average Bonchev–Trinajstić information content (AvgIpc) is 4.16. The van der Waals surface area contributed by atoms with E-state index >= 15 is 0 Å². The molecule has 0 radical (unpaired) electrons. The van der Waals surface area contributed by atoms with E-state index in [4.69, 9.17) is 66.3 Å². The molecule has 5 aliphatic rings. The molecule has 0 bridgehead atoms. The highest BCUT2D eigenvalue weighted by Crippen LogP contribution is 2.37. The van der Waals surface area contributed by atoms with Gasteiger partial charge in [-0.1, -0.05) is 86.4 Å². The normalized spacial score (nSPS) is 20.3. The van der Waals surface area contributed by atoms with E-state index in [2.05, 4.69) is 0 Å². The highest BCUT2D eigenvalue weighted by atomic mass is 33.1. The Labute approximate surface area is 479 Å². The van der Waals surface area contributed by atoms with Gasteiger partial charge in [0.2, 0.25) is 0 Å². The molecule has 14 nitrogen and oxygen atoms in total. The quantitative estimate of drug-likeness (QED) is 0.0247. The second kappa shape index (κ2) is 52.1. The molecule has 4 heterocycles. The van der Waals surface area contributed by atoms with E-state index in [1.807, 2.05) is 145 Å². The van der Waals surface area contributed by atoms with Gasteiger partial charge in [-0.15, -0.1) is 0 Å². The molecule has 0 aromatic heterocycles. The second-order valence-electron chi connectivity index (χ2n) is 15.7. The number of thioether (sulfide) groups is 5. The largest absolute Gasteiger partial charge is 0.372 e. The minimum atomic E-state index is 0.373. The highest BCUT2D eigenvalue weighted by Gasteiger charge is 2.24. The smallest absolute Gasteiger partial charge is 0.146 e. The second-order valence-corrected chi connectivity index (χ2v) is 32.2. The standard InChI is InChI=1S/C27H50O9S9.C17H32O5S4/c1(7-37-16-24-13-34-24)28-21-31-4-10-40-43-19-27(45-42-12-6-33-23-30-3-9-39-18-26-15-36-26)20-44-41-11-5-32-22-29-2-8-38-17-25-14-35-25;1-2-16(1)12-23-7-3-18-14-20-5-9-25-26-10-6-21-15-19-4-8-24-13-17-11-22-17/h24-27H,1-23H2;16-17H,1-15H2. The third kappa shape index (κ3) is 51.9. The molecule has 4 aliphatic heterocycles. The van der Waals surface area contributed by atoms with Gasteiger partial charge in [0, 0.05) is 97.3 Å². The monoisotopic (exact) mass is 1250 g/mol. The Morgan fingerprint density at radius 1 is 0.310 bits per heavy atom. The summed E-state index contributed by atoms with van der Waals surface area (Å²) in [6.45, 7) is 13.0. The SMILES string of the molecule is C(CSCC1CC1)OCOCCSSCCOCOCCSCC1CO1.C(CSCC1CO1)OCOCCSSCC(CSSCCOCOCCSCC1CO1)SSCCOCOCCSCC1CO1. The van der Waals surface area contributed by atoms with Gasteiger partial charge in [-0.25, -0.2) is 0 Å². The molecule has 0 spiro atoms. The van der Waals surface area contributed by atoms with Crippen molar-refractivity contribution in [2.75, 3.05) is 224 Å². The van der Waals surface area contributed by atoms with Crippen LogP contribution < -0.4 is 0 Å². The van der Waals surface area contributed by atoms with Crippen LogP contribution in [0.15, 0.2) is 0 Å². The third-order valence-electron chi connectivity index (χ3n) is 9.09. The zero-order chi connectivity index (χ0) is 49.4. The molecule has 0 amide bonds. The van der Waals surface area contributed by atoms with Crippen LogP contribution in [0, 0.1) is 5.92 Å². The zero-order valence-corrected chi connectivity index (χ0v) is 52.0. The molecule has 0 N–H and O–H groups in total. The van der Waals surface area contributed by atoms with Gasteiger partial charge in [0.15, 0.2) is 0 Å². The van der Waals surface area contributed by atoms with E-state index in [0.717, 1.165) is 171 Å². The lowest BCUT2D eigenvalue weighted by Crippen LogP contribution is -2.09. The summed E-state index contributed by atoms with van der Waals surface area (Å²) in [6, 6.07) is 0. The lowest BCUT2D eigenvalue weighted by Gasteiger charge is -2.15. The van der Waals surface area contributed by atoms with E-state index in [9.17, 15) is 0 Å². The lowest BCUT2D eigenvalue weighted by atomic mass is 10.5. The number of hydrogen-bond donors (Lipinski definition) is 0. The van der Waals surface area contributed by atoms with Crippen molar-refractivity contribution in [2.45, 2.75) is 42.5 Å². The molecule has 0 aromatic rings. The van der Waals surface area contributed by atoms with Crippen LogP contribution in [0.1, 0.15) is 12.8 Å². The highest BCUT2D eigenvalue weighted by molar-refractivity contribution is 8.79. The molecule has 71 heavy (non-hydrogen) atoms. The lowest BCUT2D eigenvalue weighted by molar-refractivity contribution is -0.0429. The maximum Gasteiger partial charge on any atom is 0.146 e. The molecular weight excluding hydrogens is 1170 g/mol. The van der Waals surface area contributed by atoms with Gasteiger partial charge in [0.1, 0.15) is 34.0 Å². The Bertz CT molecular complexity index is 1070. The van der Waals surface area contributed by atoms with Crippen LogP contribution in [0.4, 0.5) is 0 Å². The van der Waals surface area contributed by atoms with Crippen LogP contribution in [0.3, 0.4) is 0 Å². The minimum absolute atomic E-state index is 0.373. The number of rotatable bonds is 59. The van der Waals surface area contributed by atoms with Crippen molar-refractivity contribution in [1.82, 2.24) is 0 Å². The van der Waals surface area contributed by atoms with Crippen LogP contribution in [-0.2, 0) is 66.3 Å². The molecule has 5 fully saturated rings. The summed E-state index contributed by atoms with van der Waals surface area (Å²) in [5.74, 6) is 18.7. The summed E-state index contributed by atoms with van der Waals surface area (Å²) >= 11 is 9.52. The van der Waals surface area contributed by atoms with E-state index in [1.54, 1.807) is 0 Å². The van der Waals surface area contributed by atoms with Crippen LogP contribution in [0.5, 0.6) is 0 Å². The Kier molecular flexibility index (Phi) is 49.5. The Hall–Kier alpha value is 3.99. The molecule has 4 saturated heterocycles. The van der Waals surface area contributed by atoms with Crippen molar-refractivity contribution < 1.29 is 66.3 Å². The van der Waals surface area contributed by atoms with Crippen LogP contribution in [-0.4, -0.2) is 254 Å². The molecule has 420 valence electrons. The first kappa shape index (κ1) is 67.5. The summed E-state index contributed by atoms with van der Waals surface area (Å²) in [6.07, 6.45) is 4.82. The summed E-state index contributed by atoms with van der Waals surface area (Å²) in [5, 5.41) is 0.555. The van der Waals surface area contributed by atoms with Crippen molar-refractivity contribution in [3.63, 3.8) is 0 Å². The molecule has 5 rings (SSSR count). The summed E-state index contributed by atoms with van der Waals surface area (Å²) < 4.78 is 76.1. The van der Waals surface area contributed by atoms with Gasteiger partial charge in [0.25, 0.3) is 0 Å². The first-order valence-electron chi connectivity index (χ1n) is 24.5. The molecule has 0 aromatic carbocycles. The topological polar surface area (TPSA) is 142 Å². The first-order chi connectivity index (χ1) is 35.3. The van der Waals surface area contributed by atoms with Crippen molar-refractivity contribution in [3.05, 3.63) is 0 Å². The third-order valence-corrected chi connectivity index (χ3v) is 24.9. The van der Waals surface area contributed by atoms with Crippen LogP contribution >= 0.6 is 145 Å². The maximum absolute atomic E-state index is 5.65. The van der Waals surface area contributed by atoms with Gasteiger partial charge in [-0.05, 0) is 24.5 Å². The number of epoxide rings is 4. The fourth-order valence-corrected chi connectivity index (χ4v) is 19.0. The summed E-state index contributed by atoms with van der Waals surface area (Å²) in [5.41, 5.74) is 0. The van der Waals surface area contributed by atoms with Crippen molar-refractivity contribution >= 4 is 145 Å². The van der Waals surface area contributed by atoms with Gasteiger partial charge >= 0.3 is 0 Å². The van der Waals surface area contributed by atoms with Gasteiger partial charge in [-0.2, -0.15) is 58.8 Å². The van der Waals surface area contributed by atoms with Crippen molar-refractivity contribution in [3.8, 4) is 0 Å². The van der Waals surface area contributed by atoms with Crippen molar-refractivity contribution in [2.24, 2.45) is 5.92 Å². The summed E-state index contributed by atoms with van der Waals surface area (Å²) in [7, 11) is 15.1. The number of ether oxygens (including phenoxy) is 14. The van der Waals surface area contributed by atoms with E-state index in [1.165, 1.54) is 18.6 Å². The molecule has 1 aliphatic carbocycles. The zero-order valence-electron chi connectivity index (χ0n) is 41.4. The van der Waals surface area contributed by atoms with Gasteiger partial charge in [0.05, 0.1) is 117 Å². The molecule has 4 unspecified atom stereocenters. The maximum atomic E-state index is 5.65. The van der Waals surface area contributed by atoms with E-state index in [-0.39, 0.29) is 0 Å². The fourth-order valence-electron chi connectivity index (χ4n) is 4.72. The minimum Gasteiger partial charge on any atom is -0.372 e. The van der Waals surface area contributed by atoms with Gasteiger partial charge in [-0.3, -0.25) is 0 Å². The molecule has 4 atom stereocenters. The Morgan fingerprint density at radius 3 is 0.845 bits per heavy atom. The molecule has 27 heteroatoms. The van der Waals surface area contributed by atoms with Crippen LogP contribution in [0.25, 0.3) is 0 Å². The number of hydrogen-bond acceptors (Lipinski definition) is 27. The Morgan fingerprint density at radius 2 is 0.563 bits per heavy atom.